The number of hydrogen-bond acceptors (Lipinski definition) is 3. The van der Waals surface area contributed by atoms with E-state index in [1.807, 2.05) is 13.8 Å². The van der Waals surface area contributed by atoms with Crippen molar-refractivity contribution in [3.8, 4) is 5.75 Å². The van der Waals surface area contributed by atoms with E-state index in [-0.39, 0.29) is 0 Å². The number of aryl methyl sites for hydroxylation is 1. The monoisotopic (exact) mass is 283 g/mol. The van der Waals surface area contributed by atoms with Crippen molar-refractivity contribution in [1.82, 2.24) is 4.31 Å². The largest absolute Gasteiger partial charge is 0.494 e. The Hall–Kier alpha value is -1.07. The first-order valence-electron chi connectivity index (χ1n) is 6.85. The molecule has 0 radical (unpaired) electrons. The van der Waals surface area contributed by atoms with Crippen LogP contribution in [0.5, 0.6) is 5.75 Å². The quantitative estimate of drug-likeness (QED) is 0.834. The zero-order valence-electron chi connectivity index (χ0n) is 11.6. The number of hydrogen-bond donors (Lipinski definition) is 0. The van der Waals surface area contributed by atoms with Gasteiger partial charge in [0.1, 0.15) is 5.75 Å². The van der Waals surface area contributed by atoms with Crippen molar-refractivity contribution in [3.63, 3.8) is 0 Å². The first-order valence-corrected chi connectivity index (χ1v) is 8.29. The van der Waals surface area contributed by atoms with E-state index < -0.39 is 10.0 Å². The van der Waals surface area contributed by atoms with Crippen molar-refractivity contribution in [1.29, 1.82) is 0 Å². The summed E-state index contributed by atoms with van der Waals surface area (Å²) in [6, 6.07) is 5.17. The van der Waals surface area contributed by atoms with E-state index >= 15 is 0 Å². The molecular formula is C14H21NO3S. The van der Waals surface area contributed by atoms with E-state index in [1.54, 1.807) is 22.5 Å². The standard InChI is InChI=1S/C14H21NO3S/c1-3-12-11-13(7-8-14(12)18-4-2)19(16,17)15-9-5-6-10-15/h7-8,11H,3-6,9-10H2,1-2H3. The van der Waals surface area contributed by atoms with Crippen LogP contribution in [-0.4, -0.2) is 32.4 Å². The fraction of sp³-hybridized carbons (Fsp3) is 0.571. The third-order valence-corrected chi connectivity index (χ3v) is 5.31. The Morgan fingerprint density at radius 2 is 1.89 bits per heavy atom. The second kappa shape index (κ2) is 5.92. The van der Waals surface area contributed by atoms with E-state index in [9.17, 15) is 8.42 Å². The summed E-state index contributed by atoms with van der Waals surface area (Å²) in [4.78, 5) is 0.384. The number of sulfonamides is 1. The topological polar surface area (TPSA) is 46.6 Å². The molecule has 1 fully saturated rings. The fourth-order valence-electron chi connectivity index (χ4n) is 2.37. The predicted octanol–water partition coefficient (Wildman–Crippen LogP) is 2.43. The van der Waals surface area contributed by atoms with Gasteiger partial charge in [-0.3, -0.25) is 0 Å². The Kier molecular flexibility index (Phi) is 4.47. The minimum Gasteiger partial charge on any atom is -0.494 e. The SMILES string of the molecule is CCOc1ccc(S(=O)(=O)N2CCCC2)cc1CC. The van der Waals surface area contributed by atoms with Gasteiger partial charge in [0.15, 0.2) is 0 Å². The zero-order valence-corrected chi connectivity index (χ0v) is 12.4. The molecule has 0 bridgehead atoms. The first kappa shape index (κ1) is 14.3. The summed E-state index contributed by atoms with van der Waals surface area (Å²) in [6.07, 6.45) is 2.67. The fourth-order valence-corrected chi connectivity index (χ4v) is 3.93. The van der Waals surface area contributed by atoms with Crippen molar-refractivity contribution < 1.29 is 13.2 Å². The molecule has 1 aliphatic rings. The number of nitrogens with zero attached hydrogens (tertiary/aromatic N) is 1. The highest BCUT2D eigenvalue weighted by Gasteiger charge is 2.27. The van der Waals surface area contributed by atoms with Crippen molar-refractivity contribution in [2.45, 2.75) is 38.0 Å². The van der Waals surface area contributed by atoms with Gasteiger partial charge in [-0.15, -0.1) is 0 Å². The van der Waals surface area contributed by atoms with Gasteiger partial charge in [-0.2, -0.15) is 4.31 Å². The van der Waals surface area contributed by atoms with E-state index in [1.165, 1.54) is 0 Å². The summed E-state index contributed by atoms with van der Waals surface area (Å²) >= 11 is 0. The second-order valence-electron chi connectivity index (χ2n) is 4.67. The highest BCUT2D eigenvalue weighted by molar-refractivity contribution is 7.89. The van der Waals surface area contributed by atoms with Crippen LogP contribution in [0.4, 0.5) is 0 Å². The summed E-state index contributed by atoms with van der Waals surface area (Å²) in [5.41, 5.74) is 0.946. The molecule has 1 aliphatic heterocycles. The number of rotatable bonds is 5. The summed E-state index contributed by atoms with van der Waals surface area (Å²) < 4.78 is 32.0. The average Bonchev–Trinajstić information content (AvgIpc) is 2.94. The molecule has 106 valence electrons. The summed E-state index contributed by atoms with van der Waals surface area (Å²) in [7, 11) is -3.33. The van der Waals surface area contributed by atoms with Gasteiger partial charge >= 0.3 is 0 Å². The zero-order chi connectivity index (χ0) is 13.9. The maximum Gasteiger partial charge on any atom is 0.243 e. The molecule has 1 aromatic carbocycles. The molecule has 1 aromatic rings. The molecular weight excluding hydrogens is 262 g/mol. The van der Waals surface area contributed by atoms with Crippen LogP contribution >= 0.6 is 0 Å². The molecule has 0 aliphatic carbocycles. The summed E-state index contributed by atoms with van der Waals surface area (Å²) in [5.74, 6) is 0.783. The minimum atomic E-state index is -3.33. The van der Waals surface area contributed by atoms with E-state index in [2.05, 4.69) is 0 Å². The Morgan fingerprint density at radius 3 is 2.47 bits per heavy atom. The van der Waals surface area contributed by atoms with Gasteiger partial charge in [0.2, 0.25) is 10.0 Å². The van der Waals surface area contributed by atoms with Gasteiger partial charge in [-0.1, -0.05) is 6.92 Å². The van der Waals surface area contributed by atoms with Crippen molar-refractivity contribution in [2.75, 3.05) is 19.7 Å². The Morgan fingerprint density at radius 1 is 1.21 bits per heavy atom. The Bertz CT molecular complexity index is 534. The Balaban J connectivity index is 2.34. The lowest BCUT2D eigenvalue weighted by Gasteiger charge is -2.17. The first-order chi connectivity index (χ1) is 9.09. The molecule has 19 heavy (non-hydrogen) atoms. The molecule has 0 saturated carbocycles. The smallest absolute Gasteiger partial charge is 0.243 e. The van der Waals surface area contributed by atoms with Crippen LogP contribution in [0.15, 0.2) is 23.1 Å². The van der Waals surface area contributed by atoms with Crippen LogP contribution in [0.2, 0.25) is 0 Å². The van der Waals surface area contributed by atoms with Crippen LogP contribution < -0.4 is 4.74 Å². The molecule has 0 unspecified atom stereocenters. The summed E-state index contributed by atoms with van der Waals surface area (Å²) in [6.45, 7) is 5.79. The van der Waals surface area contributed by atoms with Crippen LogP contribution in [0.25, 0.3) is 0 Å². The molecule has 1 saturated heterocycles. The van der Waals surface area contributed by atoms with Crippen molar-refractivity contribution >= 4 is 10.0 Å². The third kappa shape index (κ3) is 2.92. The van der Waals surface area contributed by atoms with Crippen molar-refractivity contribution in [2.24, 2.45) is 0 Å². The van der Waals surface area contributed by atoms with Crippen LogP contribution in [-0.2, 0) is 16.4 Å². The predicted molar refractivity (Wildman–Crippen MR) is 75.0 cm³/mol. The van der Waals surface area contributed by atoms with E-state index in [0.717, 1.165) is 30.6 Å². The van der Waals surface area contributed by atoms with Gasteiger partial charge in [0.25, 0.3) is 0 Å². The molecule has 0 amide bonds. The lowest BCUT2D eigenvalue weighted by Crippen LogP contribution is -2.27. The van der Waals surface area contributed by atoms with Crippen LogP contribution in [0.1, 0.15) is 32.3 Å². The maximum absolute atomic E-state index is 12.5. The van der Waals surface area contributed by atoms with Gasteiger partial charge in [-0.05, 0) is 49.9 Å². The molecule has 2 rings (SSSR count). The Labute approximate surface area is 115 Å². The highest BCUT2D eigenvalue weighted by Crippen LogP contribution is 2.26. The van der Waals surface area contributed by atoms with E-state index in [4.69, 9.17) is 4.74 Å². The molecule has 0 atom stereocenters. The average molecular weight is 283 g/mol. The van der Waals surface area contributed by atoms with Gasteiger partial charge in [0, 0.05) is 13.1 Å². The van der Waals surface area contributed by atoms with Gasteiger partial charge in [-0.25, -0.2) is 8.42 Å². The lowest BCUT2D eigenvalue weighted by atomic mass is 10.1. The second-order valence-corrected chi connectivity index (χ2v) is 6.61. The summed E-state index contributed by atoms with van der Waals surface area (Å²) in [5, 5.41) is 0. The third-order valence-electron chi connectivity index (χ3n) is 3.42. The maximum atomic E-state index is 12.5. The molecule has 5 heteroatoms. The lowest BCUT2D eigenvalue weighted by molar-refractivity contribution is 0.336. The van der Waals surface area contributed by atoms with Gasteiger partial charge in [0.05, 0.1) is 11.5 Å². The number of ether oxygens (including phenoxy) is 1. The normalized spacial score (nSPS) is 16.7. The molecule has 0 spiro atoms. The van der Waals surface area contributed by atoms with E-state index in [0.29, 0.717) is 24.6 Å². The molecule has 0 aromatic heterocycles. The van der Waals surface area contributed by atoms with Crippen LogP contribution in [0, 0.1) is 0 Å². The molecule has 1 heterocycles. The van der Waals surface area contributed by atoms with Gasteiger partial charge < -0.3 is 4.74 Å². The highest BCUT2D eigenvalue weighted by atomic mass is 32.2. The van der Waals surface area contributed by atoms with Crippen LogP contribution in [0.3, 0.4) is 0 Å². The molecule has 0 N–H and O–H groups in total. The minimum absolute atomic E-state index is 0.384. The van der Waals surface area contributed by atoms with Crippen molar-refractivity contribution in [3.05, 3.63) is 23.8 Å². The number of benzene rings is 1. The molecule has 4 nitrogen and oxygen atoms in total.